The van der Waals surface area contributed by atoms with Crippen LogP contribution in [0.5, 0.6) is 0 Å². The van der Waals surface area contributed by atoms with E-state index in [1.807, 2.05) is 6.20 Å². The minimum absolute atomic E-state index is 0.110. The summed E-state index contributed by atoms with van der Waals surface area (Å²) in [4.78, 5) is 14.6. The van der Waals surface area contributed by atoms with Crippen LogP contribution in [-0.2, 0) is 0 Å². The van der Waals surface area contributed by atoms with E-state index in [1.165, 1.54) is 44.9 Å². The normalized spacial score (nSPS) is 35.0. The summed E-state index contributed by atoms with van der Waals surface area (Å²) in [6.45, 7) is 7.97. The molecule has 22 heavy (non-hydrogen) atoms. The van der Waals surface area contributed by atoms with Crippen LogP contribution in [0, 0.1) is 16.7 Å². The van der Waals surface area contributed by atoms with Gasteiger partial charge in [0.15, 0.2) is 0 Å². The number of urea groups is 1. The molecule has 2 atom stereocenters. The van der Waals surface area contributed by atoms with Gasteiger partial charge < -0.3 is 10.2 Å². The molecule has 1 aliphatic heterocycles. The van der Waals surface area contributed by atoms with Gasteiger partial charge in [-0.3, -0.25) is 0 Å². The van der Waals surface area contributed by atoms with Crippen LogP contribution in [-0.4, -0.2) is 23.5 Å². The molecule has 3 aliphatic rings. The van der Waals surface area contributed by atoms with Crippen molar-refractivity contribution in [2.24, 2.45) is 16.7 Å². The first-order chi connectivity index (χ1) is 10.4. The average molecular weight is 304 g/mol. The van der Waals surface area contributed by atoms with E-state index in [9.17, 15) is 4.79 Å². The van der Waals surface area contributed by atoms with Gasteiger partial charge in [-0.15, -0.1) is 0 Å². The molecule has 2 amide bonds. The first-order valence-corrected chi connectivity index (χ1v) is 9.11. The number of hydrogen-bond acceptors (Lipinski definition) is 1. The van der Waals surface area contributed by atoms with Crippen LogP contribution >= 0.6 is 0 Å². The van der Waals surface area contributed by atoms with Gasteiger partial charge in [0, 0.05) is 18.8 Å². The Morgan fingerprint density at radius 3 is 2.59 bits per heavy atom. The van der Waals surface area contributed by atoms with Crippen molar-refractivity contribution < 1.29 is 4.79 Å². The number of rotatable bonds is 2. The van der Waals surface area contributed by atoms with Gasteiger partial charge in [-0.1, -0.05) is 46.1 Å². The van der Waals surface area contributed by atoms with E-state index >= 15 is 0 Å². The molecule has 3 heteroatoms. The fraction of sp³-hybridized carbons (Fsp3) is 0.842. The van der Waals surface area contributed by atoms with Gasteiger partial charge in [0.05, 0.1) is 0 Å². The molecule has 2 aliphatic carbocycles. The van der Waals surface area contributed by atoms with Crippen molar-refractivity contribution in [2.75, 3.05) is 6.54 Å². The molecule has 2 unspecified atom stereocenters. The Kier molecular flexibility index (Phi) is 4.26. The van der Waals surface area contributed by atoms with Crippen molar-refractivity contribution in [3.63, 3.8) is 0 Å². The SMILES string of the molecule is CC1(C)CC2CC(C)(CN2C(=O)N/C=C/C2CCCCC2)C1. The molecule has 1 heterocycles. The number of carbonyl (C=O) groups excluding carboxylic acids is 1. The van der Waals surface area contributed by atoms with Gasteiger partial charge in [0.25, 0.3) is 0 Å². The third-order valence-electron chi connectivity index (χ3n) is 5.90. The summed E-state index contributed by atoms with van der Waals surface area (Å²) in [5, 5.41) is 3.04. The van der Waals surface area contributed by atoms with E-state index < -0.39 is 0 Å². The minimum Gasteiger partial charge on any atom is -0.321 e. The largest absolute Gasteiger partial charge is 0.321 e. The Balaban J connectivity index is 1.55. The van der Waals surface area contributed by atoms with E-state index in [0.717, 1.165) is 13.0 Å². The second kappa shape index (κ2) is 5.90. The van der Waals surface area contributed by atoms with Gasteiger partial charge in [-0.05, 0) is 48.9 Å². The molecule has 0 aromatic heterocycles. The fourth-order valence-corrected chi connectivity index (χ4v) is 5.36. The van der Waals surface area contributed by atoms with Crippen LogP contribution in [0.25, 0.3) is 0 Å². The van der Waals surface area contributed by atoms with E-state index in [1.54, 1.807) is 0 Å². The number of fused-ring (bicyclic) bond motifs is 2. The van der Waals surface area contributed by atoms with Gasteiger partial charge in [-0.2, -0.15) is 0 Å². The summed E-state index contributed by atoms with van der Waals surface area (Å²) in [7, 11) is 0. The van der Waals surface area contributed by atoms with Crippen LogP contribution in [0.3, 0.4) is 0 Å². The van der Waals surface area contributed by atoms with Gasteiger partial charge in [0.1, 0.15) is 0 Å². The lowest BCUT2D eigenvalue weighted by atomic mass is 9.65. The highest BCUT2D eigenvalue weighted by Crippen LogP contribution is 2.52. The maximum Gasteiger partial charge on any atom is 0.321 e. The topological polar surface area (TPSA) is 32.3 Å². The number of nitrogens with one attached hydrogen (secondary N) is 1. The highest BCUT2D eigenvalue weighted by molar-refractivity contribution is 5.76. The van der Waals surface area contributed by atoms with E-state index in [2.05, 4.69) is 37.1 Å². The first-order valence-electron chi connectivity index (χ1n) is 9.11. The molecule has 2 bridgehead atoms. The zero-order chi connectivity index (χ0) is 15.8. The maximum atomic E-state index is 12.5. The molecule has 0 aromatic rings. The van der Waals surface area contributed by atoms with Crippen molar-refractivity contribution >= 4 is 6.03 Å². The lowest BCUT2D eigenvalue weighted by Gasteiger charge is -2.39. The Bertz CT molecular complexity index is 450. The summed E-state index contributed by atoms with van der Waals surface area (Å²) in [6, 6.07) is 0.537. The van der Waals surface area contributed by atoms with Gasteiger partial charge >= 0.3 is 6.03 Å². The predicted octanol–water partition coefficient (Wildman–Crippen LogP) is 4.69. The molecule has 3 rings (SSSR count). The van der Waals surface area contributed by atoms with Crippen LogP contribution in [0.15, 0.2) is 12.3 Å². The second-order valence-corrected chi connectivity index (χ2v) is 9.05. The summed E-state index contributed by atoms with van der Waals surface area (Å²) in [6.07, 6.45) is 14.3. The van der Waals surface area contributed by atoms with Crippen molar-refractivity contribution in [2.45, 2.75) is 78.2 Å². The summed E-state index contributed by atoms with van der Waals surface area (Å²) in [5.41, 5.74) is 0.682. The Hall–Kier alpha value is -0.990. The van der Waals surface area contributed by atoms with Crippen molar-refractivity contribution in [3.8, 4) is 0 Å². The molecule has 0 aromatic carbocycles. The summed E-state index contributed by atoms with van der Waals surface area (Å²) in [5.74, 6) is 0.670. The number of likely N-dealkylation sites (tertiary alicyclic amines) is 1. The molecule has 2 saturated carbocycles. The van der Waals surface area contributed by atoms with E-state index in [0.29, 0.717) is 22.8 Å². The number of hydrogen-bond donors (Lipinski definition) is 1. The third-order valence-corrected chi connectivity index (χ3v) is 5.90. The number of nitrogens with zero attached hydrogens (tertiary/aromatic N) is 1. The highest BCUT2D eigenvalue weighted by atomic mass is 16.2. The standard InChI is InChI=1S/C19H32N2O/c1-18(2)11-16-12-19(3,13-18)14-21(16)17(22)20-10-9-15-7-5-4-6-8-15/h9-10,15-16H,4-8,11-14H2,1-3H3,(H,20,22)/b10-9+. The van der Waals surface area contributed by atoms with Crippen LogP contribution in [0.1, 0.15) is 72.1 Å². The first kappa shape index (κ1) is 15.9. The molecule has 0 radical (unpaired) electrons. The van der Waals surface area contributed by atoms with E-state index in [-0.39, 0.29) is 6.03 Å². The molecular formula is C19H32N2O. The second-order valence-electron chi connectivity index (χ2n) is 9.05. The Morgan fingerprint density at radius 2 is 1.86 bits per heavy atom. The smallest absolute Gasteiger partial charge is 0.321 e. The lowest BCUT2D eigenvalue weighted by molar-refractivity contribution is 0.129. The van der Waals surface area contributed by atoms with Crippen molar-refractivity contribution in [3.05, 3.63) is 12.3 Å². The lowest BCUT2D eigenvalue weighted by Crippen LogP contribution is -2.42. The van der Waals surface area contributed by atoms with Gasteiger partial charge in [-0.25, -0.2) is 4.79 Å². The number of allylic oxidation sites excluding steroid dienone is 1. The number of amides is 2. The molecular weight excluding hydrogens is 272 g/mol. The molecule has 3 fully saturated rings. The van der Waals surface area contributed by atoms with E-state index in [4.69, 9.17) is 0 Å². The fourth-order valence-electron chi connectivity index (χ4n) is 5.36. The van der Waals surface area contributed by atoms with Crippen LogP contribution < -0.4 is 5.32 Å². The summed E-state index contributed by atoms with van der Waals surface area (Å²) < 4.78 is 0. The average Bonchev–Trinajstić information content (AvgIpc) is 2.69. The van der Waals surface area contributed by atoms with Gasteiger partial charge in [0.2, 0.25) is 0 Å². The van der Waals surface area contributed by atoms with Crippen molar-refractivity contribution in [1.82, 2.24) is 10.2 Å². The van der Waals surface area contributed by atoms with Crippen molar-refractivity contribution in [1.29, 1.82) is 0 Å². The zero-order valence-corrected chi connectivity index (χ0v) is 14.5. The molecule has 3 nitrogen and oxygen atoms in total. The summed E-state index contributed by atoms with van der Waals surface area (Å²) >= 11 is 0. The molecule has 1 saturated heterocycles. The monoisotopic (exact) mass is 304 g/mol. The van der Waals surface area contributed by atoms with Crippen LogP contribution in [0.4, 0.5) is 4.79 Å². The Morgan fingerprint density at radius 1 is 1.14 bits per heavy atom. The third kappa shape index (κ3) is 3.49. The zero-order valence-electron chi connectivity index (χ0n) is 14.5. The minimum atomic E-state index is 0.110. The highest BCUT2D eigenvalue weighted by Gasteiger charge is 2.50. The Labute approximate surface area is 135 Å². The molecule has 0 spiro atoms. The molecule has 1 N–H and O–H groups in total. The predicted molar refractivity (Wildman–Crippen MR) is 90.5 cm³/mol. The molecule has 124 valence electrons. The quantitative estimate of drug-likeness (QED) is 0.788. The number of carbonyl (C=O) groups is 1. The van der Waals surface area contributed by atoms with Crippen LogP contribution in [0.2, 0.25) is 0 Å². The maximum absolute atomic E-state index is 12.5.